The van der Waals surface area contributed by atoms with Gasteiger partial charge in [0.05, 0.1) is 24.9 Å². The van der Waals surface area contributed by atoms with Gasteiger partial charge in [-0.2, -0.15) is 0 Å². The molecule has 108 valence electrons. The van der Waals surface area contributed by atoms with Crippen LogP contribution in [0.1, 0.15) is 30.4 Å². The van der Waals surface area contributed by atoms with Crippen LogP contribution >= 0.6 is 11.6 Å². The van der Waals surface area contributed by atoms with Crippen molar-refractivity contribution in [2.45, 2.75) is 50.4 Å². The van der Waals surface area contributed by atoms with Gasteiger partial charge in [-0.15, -0.1) is 0 Å². The first-order valence-corrected chi connectivity index (χ1v) is 7.86. The van der Waals surface area contributed by atoms with Gasteiger partial charge in [-0.3, -0.25) is 0 Å². The highest BCUT2D eigenvalue weighted by Gasteiger charge is 2.44. The number of fused-ring (bicyclic) bond motifs is 3. The summed E-state index contributed by atoms with van der Waals surface area (Å²) in [4.78, 5) is 0. The Kier molecular flexibility index (Phi) is 3.17. The fourth-order valence-corrected chi connectivity index (χ4v) is 4.22. The van der Waals surface area contributed by atoms with Crippen LogP contribution in [-0.4, -0.2) is 30.0 Å². The number of halogens is 1. The predicted molar refractivity (Wildman–Crippen MR) is 76.4 cm³/mol. The van der Waals surface area contributed by atoms with E-state index in [0.717, 1.165) is 48.6 Å². The molecule has 3 nitrogen and oxygen atoms in total. The summed E-state index contributed by atoms with van der Waals surface area (Å²) in [7, 11) is 0. The van der Waals surface area contributed by atoms with Gasteiger partial charge in [0.25, 0.3) is 0 Å². The zero-order chi connectivity index (χ0) is 13.7. The van der Waals surface area contributed by atoms with E-state index in [1.54, 1.807) is 0 Å². The lowest BCUT2D eigenvalue weighted by Crippen LogP contribution is -2.31. The fraction of sp³-hybridized carbons (Fsp3) is 0.625. The minimum absolute atomic E-state index is 0.253. The van der Waals surface area contributed by atoms with E-state index in [0.29, 0.717) is 12.5 Å². The van der Waals surface area contributed by atoms with Gasteiger partial charge in [-0.25, -0.2) is 0 Å². The van der Waals surface area contributed by atoms with E-state index in [4.69, 9.17) is 21.1 Å². The van der Waals surface area contributed by atoms with Crippen LogP contribution in [0, 0.1) is 5.92 Å². The first-order valence-electron chi connectivity index (χ1n) is 7.48. The Hall–Kier alpha value is -0.770. The number of rotatable bonds is 3. The summed E-state index contributed by atoms with van der Waals surface area (Å²) < 4.78 is 11.6. The van der Waals surface area contributed by atoms with E-state index in [1.165, 1.54) is 5.56 Å². The normalized spacial score (nSPS) is 32.2. The maximum absolute atomic E-state index is 10.6. The zero-order valence-corrected chi connectivity index (χ0v) is 12.1. The molecular weight excluding hydrogens is 276 g/mol. The highest BCUT2D eigenvalue weighted by molar-refractivity contribution is 6.30. The maximum atomic E-state index is 10.6. The number of hydrogen-bond donors (Lipinski definition) is 1. The topological polar surface area (TPSA) is 38.7 Å². The number of ether oxygens (including phenoxy) is 2. The highest BCUT2D eigenvalue weighted by Crippen LogP contribution is 2.42. The summed E-state index contributed by atoms with van der Waals surface area (Å²) in [5.41, 5.74) is 2.21. The molecule has 4 atom stereocenters. The maximum Gasteiger partial charge on any atom is 0.126 e. The molecule has 4 heteroatoms. The summed E-state index contributed by atoms with van der Waals surface area (Å²) in [6.07, 6.45) is 5.03. The monoisotopic (exact) mass is 294 g/mol. The van der Waals surface area contributed by atoms with E-state index >= 15 is 0 Å². The molecule has 2 saturated heterocycles. The van der Waals surface area contributed by atoms with Gasteiger partial charge in [-0.1, -0.05) is 11.6 Å². The van der Waals surface area contributed by atoms with Crippen molar-refractivity contribution in [1.82, 2.24) is 0 Å². The fourth-order valence-electron chi connectivity index (χ4n) is 3.96. The van der Waals surface area contributed by atoms with Crippen molar-refractivity contribution < 1.29 is 14.6 Å². The van der Waals surface area contributed by atoms with Crippen molar-refractivity contribution in [3.63, 3.8) is 0 Å². The molecule has 3 aliphatic heterocycles. The molecule has 4 rings (SSSR count). The Labute approximate surface area is 123 Å². The zero-order valence-electron chi connectivity index (χ0n) is 11.3. The van der Waals surface area contributed by atoms with Gasteiger partial charge < -0.3 is 14.6 Å². The smallest absolute Gasteiger partial charge is 0.126 e. The van der Waals surface area contributed by atoms with E-state index < -0.39 is 0 Å². The van der Waals surface area contributed by atoms with Crippen LogP contribution in [0.3, 0.4) is 0 Å². The lowest BCUT2D eigenvalue weighted by molar-refractivity contribution is 0.0429. The second-order valence-corrected chi connectivity index (χ2v) is 6.63. The molecule has 1 aromatic rings. The molecule has 4 unspecified atom stereocenters. The largest absolute Gasteiger partial charge is 0.493 e. The van der Waals surface area contributed by atoms with Crippen LogP contribution in [0.2, 0.25) is 5.02 Å². The molecule has 3 heterocycles. The van der Waals surface area contributed by atoms with E-state index in [1.807, 2.05) is 12.1 Å². The summed E-state index contributed by atoms with van der Waals surface area (Å²) >= 11 is 6.17. The molecule has 0 saturated carbocycles. The third-order valence-corrected chi connectivity index (χ3v) is 5.12. The minimum Gasteiger partial charge on any atom is -0.493 e. The highest BCUT2D eigenvalue weighted by atomic mass is 35.5. The number of benzene rings is 1. The van der Waals surface area contributed by atoms with Gasteiger partial charge in [0.15, 0.2) is 0 Å². The van der Waals surface area contributed by atoms with E-state index in [2.05, 4.69) is 0 Å². The van der Waals surface area contributed by atoms with Gasteiger partial charge >= 0.3 is 0 Å². The first-order chi connectivity index (χ1) is 9.70. The van der Waals surface area contributed by atoms with Crippen molar-refractivity contribution in [3.05, 3.63) is 28.3 Å². The number of aliphatic hydroxyl groups excluding tert-OH is 1. The third-order valence-electron chi connectivity index (χ3n) is 4.90. The van der Waals surface area contributed by atoms with E-state index in [-0.39, 0.29) is 18.1 Å². The van der Waals surface area contributed by atoms with Crippen molar-refractivity contribution in [2.75, 3.05) is 6.61 Å². The average molecular weight is 295 g/mol. The Balaban J connectivity index is 1.54. The first kappa shape index (κ1) is 12.9. The van der Waals surface area contributed by atoms with Crippen molar-refractivity contribution in [1.29, 1.82) is 0 Å². The van der Waals surface area contributed by atoms with Crippen LogP contribution in [0.5, 0.6) is 5.75 Å². The lowest BCUT2D eigenvalue weighted by atomic mass is 9.83. The van der Waals surface area contributed by atoms with Gasteiger partial charge in [-0.05, 0) is 42.5 Å². The molecule has 0 aromatic heterocycles. The van der Waals surface area contributed by atoms with Crippen molar-refractivity contribution >= 4 is 11.6 Å². The summed E-state index contributed by atoms with van der Waals surface area (Å²) in [5, 5.41) is 11.3. The van der Waals surface area contributed by atoms with Gasteiger partial charge in [0.1, 0.15) is 5.75 Å². The quantitative estimate of drug-likeness (QED) is 0.931. The van der Waals surface area contributed by atoms with E-state index in [9.17, 15) is 5.11 Å². The average Bonchev–Trinajstić information content (AvgIpc) is 3.13. The second-order valence-electron chi connectivity index (χ2n) is 6.20. The van der Waals surface area contributed by atoms with Gasteiger partial charge in [0.2, 0.25) is 0 Å². The molecule has 3 aliphatic rings. The number of hydrogen-bond acceptors (Lipinski definition) is 3. The molecule has 1 aromatic carbocycles. The Morgan fingerprint density at radius 2 is 2.25 bits per heavy atom. The lowest BCUT2D eigenvalue weighted by Gasteiger charge is -2.25. The predicted octanol–water partition coefficient (Wildman–Crippen LogP) is 2.75. The summed E-state index contributed by atoms with van der Waals surface area (Å²) in [6, 6.07) is 3.91. The number of aliphatic hydroxyl groups is 1. The third kappa shape index (κ3) is 2.12. The Morgan fingerprint density at radius 3 is 3.00 bits per heavy atom. The molecule has 0 aliphatic carbocycles. The van der Waals surface area contributed by atoms with Crippen LogP contribution in [0.4, 0.5) is 0 Å². The molecule has 0 amide bonds. The molecule has 20 heavy (non-hydrogen) atoms. The Bertz CT molecular complexity index is 531. The minimum atomic E-state index is -0.364. The van der Waals surface area contributed by atoms with Crippen molar-refractivity contribution in [2.24, 2.45) is 5.92 Å². The van der Waals surface area contributed by atoms with Crippen LogP contribution in [-0.2, 0) is 17.6 Å². The van der Waals surface area contributed by atoms with Crippen LogP contribution < -0.4 is 4.74 Å². The van der Waals surface area contributed by atoms with Crippen LogP contribution in [0.25, 0.3) is 0 Å². The Morgan fingerprint density at radius 1 is 1.35 bits per heavy atom. The van der Waals surface area contributed by atoms with Crippen molar-refractivity contribution in [3.8, 4) is 5.75 Å². The standard InChI is InChI=1S/C16H19ClO3/c17-11-5-9-3-4-19-16(9)10(6-11)7-14(18)13-8-12-1-2-15(13)20-12/h5-6,12-15,18H,1-4,7-8H2. The van der Waals surface area contributed by atoms with Crippen LogP contribution in [0.15, 0.2) is 12.1 Å². The SMILES string of the molecule is OC(Cc1cc(Cl)cc2c1OCC2)C1CC2CCC1O2. The molecule has 2 bridgehead atoms. The van der Waals surface area contributed by atoms with Gasteiger partial charge in [0, 0.05) is 23.8 Å². The molecule has 1 N–H and O–H groups in total. The summed E-state index contributed by atoms with van der Waals surface area (Å²) in [5.74, 6) is 1.21. The molecule has 2 fully saturated rings. The summed E-state index contributed by atoms with van der Waals surface area (Å²) in [6.45, 7) is 0.718. The molecular formula is C16H19ClO3. The molecule has 0 radical (unpaired) electrons. The molecule has 0 spiro atoms. The second kappa shape index (κ2) is 4.90.